The zero-order chi connectivity index (χ0) is 10.1. The summed E-state index contributed by atoms with van der Waals surface area (Å²) in [5.41, 5.74) is 0.799. The molecule has 1 N–H and O–H groups in total. The number of aliphatic hydroxyl groups excluding tert-OH is 1. The van der Waals surface area contributed by atoms with Crippen LogP contribution in [-0.2, 0) is 9.53 Å². The summed E-state index contributed by atoms with van der Waals surface area (Å²) in [6.45, 7) is 2.57. The maximum atomic E-state index is 11.4. The van der Waals surface area contributed by atoms with Crippen molar-refractivity contribution in [1.29, 1.82) is 0 Å². The summed E-state index contributed by atoms with van der Waals surface area (Å²) in [7, 11) is 0. The lowest BCUT2D eigenvalue weighted by atomic mass is 9.73. The predicted molar refractivity (Wildman–Crippen MR) is 51.6 cm³/mol. The summed E-state index contributed by atoms with van der Waals surface area (Å²) in [5.74, 6) is 0.291. The lowest BCUT2D eigenvalue weighted by Gasteiger charge is -2.37. The SMILES string of the molecule is CC[C@H]1C(O)CC=C2C(=O)OCC[C@H]21. The van der Waals surface area contributed by atoms with Gasteiger partial charge in [0.05, 0.1) is 12.7 Å². The molecule has 3 heteroatoms. The van der Waals surface area contributed by atoms with Crippen LogP contribution < -0.4 is 0 Å². The zero-order valence-corrected chi connectivity index (χ0v) is 8.40. The second kappa shape index (κ2) is 3.73. The highest BCUT2D eigenvalue weighted by Crippen LogP contribution is 2.38. The number of hydrogen-bond donors (Lipinski definition) is 1. The number of cyclic esters (lactones) is 1. The van der Waals surface area contributed by atoms with Crippen molar-refractivity contribution in [3.8, 4) is 0 Å². The van der Waals surface area contributed by atoms with Gasteiger partial charge in [-0.15, -0.1) is 0 Å². The minimum Gasteiger partial charge on any atom is -0.462 e. The molecule has 1 saturated heterocycles. The van der Waals surface area contributed by atoms with Gasteiger partial charge in [0.25, 0.3) is 0 Å². The maximum absolute atomic E-state index is 11.4. The van der Waals surface area contributed by atoms with Crippen molar-refractivity contribution in [3.63, 3.8) is 0 Å². The molecule has 0 aromatic rings. The number of fused-ring (bicyclic) bond motifs is 1. The topological polar surface area (TPSA) is 46.5 Å². The van der Waals surface area contributed by atoms with E-state index in [2.05, 4.69) is 6.92 Å². The molecule has 1 heterocycles. The van der Waals surface area contributed by atoms with E-state index < -0.39 is 0 Å². The molecule has 0 amide bonds. The van der Waals surface area contributed by atoms with Crippen molar-refractivity contribution in [1.82, 2.24) is 0 Å². The van der Waals surface area contributed by atoms with Gasteiger partial charge in [-0.1, -0.05) is 19.4 Å². The van der Waals surface area contributed by atoms with E-state index >= 15 is 0 Å². The van der Waals surface area contributed by atoms with E-state index in [1.807, 2.05) is 6.08 Å². The van der Waals surface area contributed by atoms with E-state index in [-0.39, 0.29) is 23.9 Å². The Bertz CT molecular complexity index is 270. The Hall–Kier alpha value is -0.830. The van der Waals surface area contributed by atoms with Crippen LogP contribution in [0.4, 0.5) is 0 Å². The number of carbonyl (C=O) groups is 1. The van der Waals surface area contributed by atoms with Gasteiger partial charge < -0.3 is 9.84 Å². The fraction of sp³-hybridized carbons (Fsp3) is 0.727. The molecule has 3 atom stereocenters. The van der Waals surface area contributed by atoms with Gasteiger partial charge in [0.1, 0.15) is 0 Å². The predicted octanol–water partition coefficient (Wildman–Crippen LogP) is 1.27. The highest BCUT2D eigenvalue weighted by atomic mass is 16.5. The van der Waals surface area contributed by atoms with Gasteiger partial charge in [-0.2, -0.15) is 0 Å². The molecule has 0 aromatic heterocycles. The maximum Gasteiger partial charge on any atom is 0.333 e. The normalized spacial score (nSPS) is 37.1. The molecule has 0 spiro atoms. The molecular weight excluding hydrogens is 180 g/mol. The lowest BCUT2D eigenvalue weighted by Crippen LogP contribution is -2.38. The third-order valence-corrected chi connectivity index (χ3v) is 3.36. The Morgan fingerprint density at radius 3 is 3.14 bits per heavy atom. The van der Waals surface area contributed by atoms with Crippen molar-refractivity contribution in [2.24, 2.45) is 11.8 Å². The molecule has 1 aliphatic carbocycles. The average molecular weight is 196 g/mol. The number of aliphatic hydroxyl groups is 1. The molecule has 1 aliphatic heterocycles. The Kier molecular flexibility index (Phi) is 2.59. The lowest BCUT2D eigenvalue weighted by molar-refractivity contribution is -0.144. The second-order valence-electron chi connectivity index (χ2n) is 4.07. The first-order chi connectivity index (χ1) is 6.74. The molecular formula is C11H16O3. The Morgan fingerprint density at radius 1 is 1.64 bits per heavy atom. The summed E-state index contributed by atoms with van der Waals surface area (Å²) in [5, 5.41) is 9.80. The first-order valence-corrected chi connectivity index (χ1v) is 5.29. The summed E-state index contributed by atoms with van der Waals surface area (Å²) >= 11 is 0. The highest BCUT2D eigenvalue weighted by Gasteiger charge is 2.38. The fourth-order valence-electron chi connectivity index (χ4n) is 2.60. The van der Waals surface area contributed by atoms with Gasteiger partial charge in [-0.25, -0.2) is 4.79 Å². The van der Waals surface area contributed by atoms with Crippen molar-refractivity contribution in [2.45, 2.75) is 32.3 Å². The second-order valence-corrected chi connectivity index (χ2v) is 4.07. The molecule has 1 unspecified atom stereocenters. The molecule has 0 saturated carbocycles. The van der Waals surface area contributed by atoms with Crippen molar-refractivity contribution >= 4 is 5.97 Å². The van der Waals surface area contributed by atoms with E-state index in [4.69, 9.17) is 4.74 Å². The molecule has 14 heavy (non-hydrogen) atoms. The Labute approximate surface area is 83.8 Å². The van der Waals surface area contributed by atoms with Gasteiger partial charge in [0, 0.05) is 5.57 Å². The first-order valence-electron chi connectivity index (χ1n) is 5.29. The van der Waals surface area contributed by atoms with Crippen LogP contribution in [0.15, 0.2) is 11.6 Å². The van der Waals surface area contributed by atoms with E-state index in [1.165, 1.54) is 0 Å². The molecule has 1 fully saturated rings. The number of esters is 1. The molecule has 3 nitrogen and oxygen atoms in total. The van der Waals surface area contributed by atoms with Crippen LogP contribution in [-0.4, -0.2) is 23.8 Å². The minimum absolute atomic E-state index is 0.174. The van der Waals surface area contributed by atoms with E-state index in [0.717, 1.165) is 18.4 Å². The third kappa shape index (κ3) is 1.46. The van der Waals surface area contributed by atoms with Gasteiger partial charge in [-0.05, 0) is 24.7 Å². The molecule has 2 aliphatic rings. The van der Waals surface area contributed by atoms with Crippen LogP contribution in [0.2, 0.25) is 0 Å². The van der Waals surface area contributed by atoms with Crippen molar-refractivity contribution in [2.75, 3.05) is 6.61 Å². The summed E-state index contributed by atoms with van der Waals surface area (Å²) in [6.07, 6.45) is 3.96. The third-order valence-electron chi connectivity index (χ3n) is 3.36. The summed E-state index contributed by atoms with van der Waals surface area (Å²) < 4.78 is 4.99. The number of rotatable bonds is 1. The molecule has 0 bridgehead atoms. The summed E-state index contributed by atoms with van der Waals surface area (Å²) in [6, 6.07) is 0. The van der Waals surface area contributed by atoms with E-state index in [0.29, 0.717) is 13.0 Å². The average Bonchev–Trinajstić information content (AvgIpc) is 2.18. The Morgan fingerprint density at radius 2 is 2.43 bits per heavy atom. The molecule has 2 rings (SSSR count). The van der Waals surface area contributed by atoms with Crippen LogP contribution in [0, 0.1) is 11.8 Å². The van der Waals surface area contributed by atoms with E-state index in [1.54, 1.807) is 0 Å². The van der Waals surface area contributed by atoms with Crippen LogP contribution in [0.3, 0.4) is 0 Å². The summed E-state index contributed by atoms with van der Waals surface area (Å²) in [4.78, 5) is 11.4. The van der Waals surface area contributed by atoms with Crippen LogP contribution in [0.5, 0.6) is 0 Å². The molecule has 0 aromatic carbocycles. The van der Waals surface area contributed by atoms with Gasteiger partial charge in [0.15, 0.2) is 0 Å². The smallest absolute Gasteiger partial charge is 0.333 e. The van der Waals surface area contributed by atoms with Gasteiger partial charge in [-0.3, -0.25) is 0 Å². The standard InChI is InChI=1S/C11H16O3/c1-2-7-8-5-6-14-11(13)9(8)3-4-10(7)12/h3,7-8,10,12H,2,4-6H2,1H3/t7-,8+,10?/m1/s1. The van der Waals surface area contributed by atoms with Crippen LogP contribution >= 0.6 is 0 Å². The van der Waals surface area contributed by atoms with Crippen LogP contribution in [0.25, 0.3) is 0 Å². The number of carbonyl (C=O) groups excluding carboxylic acids is 1. The van der Waals surface area contributed by atoms with Crippen molar-refractivity contribution < 1.29 is 14.6 Å². The van der Waals surface area contributed by atoms with Crippen molar-refractivity contribution in [3.05, 3.63) is 11.6 Å². The minimum atomic E-state index is -0.278. The largest absolute Gasteiger partial charge is 0.462 e. The van der Waals surface area contributed by atoms with Gasteiger partial charge >= 0.3 is 5.97 Å². The first kappa shape index (κ1) is 9.71. The monoisotopic (exact) mass is 196 g/mol. The highest BCUT2D eigenvalue weighted by molar-refractivity contribution is 5.90. The number of hydrogen-bond acceptors (Lipinski definition) is 3. The van der Waals surface area contributed by atoms with Gasteiger partial charge in [0.2, 0.25) is 0 Å². The number of ether oxygens (including phenoxy) is 1. The molecule has 78 valence electrons. The molecule has 0 radical (unpaired) electrons. The Balaban J connectivity index is 2.25. The fourth-order valence-corrected chi connectivity index (χ4v) is 2.60. The zero-order valence-electron chi connectivity index (χ0n) is 8.40. The van der Waals surface area contributed by atoms with Crippen LogP contribution in [0.1, 0.15) is 26.2 Å². The quantitative estimate of drug-likeness (QED) is 0.642. The van der Waals surface area contributed by atoms with E-state index in [9.17, 15) is 9.90 Å².